The van der Waals surface area contributed by atoms with Gasteiger partial charge < -0.3 is 5.32 Å². The molecule has 0 aromatic heterocycles. The van der Waals surface area contributed by atoms with Crippen molar-refractivity contribution in [3.63, 3.8) is 0 Å². The molecule has 0 saturated carbocycles. The molecule has 0 atom stereocenters. The van der Waals surface area contributed by atoms with Crippen LogP contribution >= 0.6 is 11.6 Å². The average molecular weight is 467 g/mol. The molecular weight excluding hydrogens is 444 g/mol. The number of benzene rings is 3. The normalized spacial score (nSPS) is 14.8. The number of nitrogens with zero attached hydrogens (tertiary/aromatic N) is 1. The number of sulfonamides is 1. The van der Waals surface area contributed by atoms with Crippen LogP contribution in [0.5, 0.6) is 0 Å². The van der Waals surface area contributed by atoms with Gasteiger partial charge >= 0.3 is 0 Å². The van der Waals surface area contributed by atoms with Gasteiger partial charge in [-0.15, -0.1) is 0 Å². The van der Waals surface area contributed by atoms with E-state index in [2.05, 4.69) is 5.32 Å². The van der Waals surface area contributed by atoms with E-state index < -0.39 is 15.9 Å². The Balaban J connectivity index is 2.01. The summed E-state index contributed by atoms with van der Waals surface area (Å²) in [6.07, 6.45) is 0. The Bertz CT molecular complexity index is 1350. The van der Waals surface area contributed by atoms with E-state index in [0.29, 0.717) is 33.1 Å². The fraction of sp³-hybridized carbons (Fsp3) is 0.160. The van der Waals surface area contributed by atoms with E-state index >= 15 is 0 Å². The number of halogens is 1. The van der Waals surface area contributed by atoms with Crippen LogP contribution in [-0.4, -0.2) is 20.9 Å². The van der Waals surface area contributed by atoms with Crippen LogP contribution in [0.4, 0.5) is 11.4 Å². The van der Waals surface area contributed by atoms with Crippen LogP contribution < -0.4 is 9.62 Å². The minimum Gasteiger partial charge on any atom is -0.321 e. The first-order valence-corrected chi connectivity index (χ1v) is 12.1. The molecule has 164 valence electrons. The number of amides is 1. The standard InChI is InChI=1S/C25H23ClN2O3S/c1-4-28-22-13-12-19(26)15-20(22)23(18-8-6-5-7-9-18)24(32(28,30)31)25(29)27-21-14-16(2)10-11-17(21)3/h5-15H,4H2,1-3H3,(H,27,29). The molecule has 0 saturated heterocycles. The van der Waals surface area contributed by atoms with Crippen molar-refractivity contribution in [3.8, 4) is 0 Å². The summed E-state index contributed by atoms with van der Waals surface area (Å²) >= 11 is 6.30. The van der Waals surface area contributed by atoms with Gasteiger partial charge in [0.25, 0.3) is 15.9 Å². The number of nitrogens with one attached hydrogen (secondary N) is 1. The highest BCUT2D eigenvalue weighted by atomic mass is 35.5. The van der Waals surface area contributed by atoms with Gasteiger partial charge in [-0.3, -0.25) is 9.10 Å². The molecule has 1 heterocycles. The predicted octanol–water partition coefficient (Wildman–Crippen LogP) is 5.52. The zero-order chi connectivity index (χ0) is 23.0. The van der Waals surface area contributed by atoms with Crippen LogP contribution in [0.2, 0.25) is 5.02 Å². The van der Waals surface area contributed by atoms with Gasteiger partial charge in [0.05, 0.1) is 5.69 Å². The summed E-state index contributed by atoms with van der Waals surface area (Å²) in [5.74, 6) is -0.679. The lowest BCUT2D eigenvalue weighted by Crippen LogP contribution is -2.39. The number of anilines is 2. The maximum Gasteiger partial charge on any atom is 0.270 e. The Kier molecular flexibility index (Phi) is 5.84. The second kappa shape index (κ2) is 8.45. The molecule has 3 aromatic carbocycles. The fourth-order valence-corrected chi connectivity index (χ4v) is 5.85. The van der Waals surface area contributed by atoms with Gasteiger partial charge in [0.1, 0.15) is 0 Å². The molecule has 1 aliphatic rings. The Morgan fingerprint density at radius 2 is 1.72 bits per heavy atom. The summed E-state index contributed by atoms with van der Waals surface area (Å²) in [6, 6.07) is 19.8. The molecule has 7 heteroatoms. The van der Waals surface area contributed by atoms with E-state index in [4.69, 9.17) is 11.6 Å². The van der Waals surface area contributed by atoms with Crippen molar-refractivity contribution in [2.75, 3.05) is 16.2 Å². The molecule has 1 N–H and O–H groups in total. The highest BCUT2D eigenvalue weighted by molar-refractivity contribution is 7.97. The molecule has 0 bridgehead atoms. The molecular formula is C25H23ClN2O3S. The van der Waals surface area contributed by atoms with Gasteiger partial charge in [-0.1, -0.05) is 54.1 Å². The van der Waals surface area contributed by atoms with E-state index in [1.807, 2.05) is 50.2 Å². The number of carbonyl (C=O) groups is 1. The zero-order valence-corrected chi connectivity index (χ0v) is 19.6. The molecule has 32 heavy (non-hydrogen) atoms. The van der Waals surface area contributed by atoms with Gasteiger partial charge in [0, 0.05) is 28.4 Å². The van der Waals surface area contributed by atoms with Crippen molar-refractivity contribution in [1.29, 1.82) is 0 Å². The third-order valence-corrected chi connectivity index (χ3v) is 7.64. The van der Waals surface area contributed by atoms with E-state index in [1.54, 1.807) is 37.3 Å². The third-order valence-electron chi connectivity index (χ3n) is 5.47. The number of fused-ring (bicyclic) bond motifs is 1. The molecule has 1 aliphatic heterocycles. The number of aryl methyl sites for hydroxylation is 2. The average Bonchev–Trinajstić information content (AvgIpc) is 2.76. The van der Waals surface area contributed by atoms with Crippen LogP contribution in [0.25, 0.3) is 5.57 Å². The van der Waals surface area contributed by atoms with Crippen LogP contribution in [0.3, 0.4) is 0 Å². The van der Waals surface area contributed by atoms with Gasteiger partial charge in [-0.05, 0) is 61.7 Å². The lowest BCUT2D eigenvalue weighted by Gasteiger charge is -2.33. The maximum atomic E-state index is 13.7. The number of rotatable bonds is 4. The van der Waals surface area contributed by atoms with Crippen molar-refractivity contribution >= 4 is 44.5 Å². The number of carbonyl (C=O) groups excluding carboxylic acids is 1. The highest BCUT2D eigenvalue weighted by Crippen LogP contribution is 2.44. The Labute approximate surface area is 193 Å². The van der Waals surface area contributed by atoms with Crippen molar-refractivity contribution in [2.45, 2.75) is 20.8 Å². The van der Waals surface area contributed by atoms with Gasteiger partial charge in [-0.2, -0.15) is 0 Å². The van der Waals surface area contributed by atoms with E-state index in [-0.39, 0.29) is 11.4 Å². The smallest absolute Gasteiger partial charge is 0.270 e. The fourth-order valence-electron chi connectivity index (χ4n) is 3.93. The zero-order valence-electron chi connectivity index (χ0n) is 18.0. The topological polar surface area (TPSA) is 66.5 Å². The van der Waals surface area contributed by atoms with Crippen LogP contribution in [-0.2, 0) is 14.8 Å². The summed E-state index contributed by atoms with van der Waals surface area (Å²) < 4.78 is 28.7. The molecule has 0 fully saturated rings. The van der Waals surface area contributed by atoms with Crippen molar-refractivity contribution < 1.29 is 13.2 Å². The van der Waals surface area contributed by atoms with Crippen LogP contribution in [0.15, 0.2) is 71.6 Å². The summed E-state index contributed by atoms with van der Waals surface area (Å²) in [4.78, 5) is 13.3. The van der Waals surface area contributed by atoms with Crippen molar-refractivity contribution in [3.05, 3.63) is 98.9 Å². The molecule has 0 radical (unpaired) electrons. The first kappa shape index (κ1) is 22.1. The van der Waals surface area contributed by atoms with Gasteiger partial charge in [0.2, 0.25) is 0 Å². The first-order valence-electron chi connectivity index (χ1n) is 10.2. The quantitative estimate of drug-likeness (QED) is 0.550. The highest BCUT2D eigenvalue weighted by Gasteiger charge is 2.40. The molecule has 0 unspecified atom stereocenters. The van der Waals surface area contributed by atoms with E-state index in [9.17, 15) is 13.2 Å². The van der Waals surface area contributed by atoms with Crippen LogP contribution in [0, 0.1) is 13.8 Å². The Hall–Kier alpha value is -3.09. The summed E-state index contributed by atoms with van der Waals surface area (Å²) in [5, 5.41) is 3.29. The first-order chi connectivity index (χ1) is 15.2. The van der Waals surface area contributed by atoms with E-state index in [1.165, 1.54) is 4.31 Å². The Morgan fingerprint density at radius 1 is 1.00 bits per heavy atom. The summed E-state index contributed by atoms with van der Waals surface area (Å²) in [5.41, 5.74) is 4.45. The van der Waals surface area contributed by atoms with Crippen molar-refractivity contribution in [1.82, 2.24) is 0 Å². The van der Waals surface area contributed by atoms with Gasteiger partial charge in [-0.25, -0.2) is 8.42 Å². The molecule has 1 amide bonds. The lowest BCUT2D eigenvalue weighted by atomic mass is 9.95. The summed E-state index contributed by atoms with van der Waals surface area (Å²) in [7, 11) is -4.12. The molecule has 4 rings (SSSR count). The largest absolute Gasteiger partial charge is 0.321 e. The number of hydrogen-bond donors (Lipinski definition) is 1. The van der Waals surface area contributed by atoms with Gasteiger partial charge in [0.15, 0.2) is 4.91 Å². The Morgan fingerprint density at radius 3 is 2.41 bits per heavy atom. The third kappa shape index (κ3) is 3.80. The second-order valence-corrected chi connectivity index (χ2v) is 9.91. The second-order valence-electron chi connectivity index (χ2n) is 7.67. The molecule has 5 nitrogen and oxygen atoms in total. The monoisotopic (exact) mass is 466 g/mol. The number of hydrogen-bond acceptors (Lipinski definition) is 3. The predicted molar refractivity (Wildman–Crippen MR) is 130 cm³/mol. The van der Waals surface area contributed by atoms with Crippen molar-refractivity contribution in [2.24, 2.45) is 0 Å². The maximum absolute atomic E-state index is 13.7. The minimum atomic E-state index is -4.12. The lowest BCUT2D eigenvalue weighted by molar-refractivity contribution is -0.112. The molecule has 0 spiro atoms. The molecule has 0 aliphatic carbocycles. The molecule has 3 aromatic rings. The van der Waals surface area contributed by atoms with Crippen LogP contribution in [0.1, 0.15) is 29.2 Å². The van der Waals surface area contributed by atoms with E-state index in [0.717, 1.165) is 11.1 Å². The minimum absolute atomic E-state index is 0.180. The SMILES string of the molecule is CCN1c2ccc(Cl)cc2C(c2ccccc2)=C(C(=O)Nc2cc(C)ccc2C)S1(=O)=O. The summed E-state index contributed by atoms with van der Waals surface area (Å²) in [6.45, 7) is 5.70.